The molecular formula is C16H15Cl3N4O5S. The smallest absolute Gasteiger partial charge is 0.287 e. The first-order valence-corrected chi connectivity index (χ1v) is 10.9. The Labute approximate surface area is 181 Å². The van der Waals surface area contributed by atoms with E-state index in [1.54, 1.807) is 0 Å². The zero-order valence-corrected chi connectivity index (χ0v) is 17.9. The van der Waals surface area contributed by atoms with Gasteiger partial charge in [-0.15, -0.1) is 0 Å². The number of rotatable bonds is 5. The van der Waals surface area contributed by atoms with Gasteiger partial charge >= 0.3 is 0 Å². The van der Waals surface area contributed by atoms with Gasteiger partial charge in [-0.2, -0.15) is 9.40 Å². The van der Waals surface area contributed by atoms with Gasteiger partial charge in [0.1, 0.15) is 11.6 Å². The predicted octanol–water partition coefficient (Wildman–Crippen LogP) is 1.86. The maximum absolute atomic E-state index is 12.8. The van der Waals surface area contributed by atoms with E-state index in [0.29, 0.717) is 13.2 Å². The summed E-state index contributed by atoms with van der Waals surface area (Å²) in [5, 5.41) is 6.07. The molecule has 1 amide bonds. The van der Waals surface area contributed by atoms with Crippen molar-refractivity contribution in [1.29, 1.82) is 0 Å². The third-order valence-corrected chi connectivity index (χ3v) is 7.03. The molecule has 1 aliphatic rings. The van der Waals surface area contributed by atoms with Crippen LogP contribution in [0.3, 0.4) is 0 Å². The fourth-order valence-electron chi connectivity index (χ4n) is 2.58. The highest BCUT2D eigenvalue weighted by Crippen LogP contribution is 2.27. The number of carbonyl (C=O) groups is 1. The summed E-state index contributed by atoms with van der Waals surface area (Å²) in [6.07, 6.45) is 1.14. The topological polar surface area (TPSA) is 111 Å². The van der Waals surface area contributed by atoms with E-state index in [0.717, 1.165) is 10.9 Å². The van der Waals surface area contributed by atoms with Gasteiger partial charge < -0.3 is 10.1 Å². The van der Waals surface area contributed by atoms with Gasteiger partial charge in [-0.1, -0.05) is 34.8 Å². The van der Waals surface area contributed by atoms with Crippen molar-refractivity contribution in [2.24, 2.45) is 0 Å². The molecule has 0 bridgehead atoms. The number of anilines is 1. The van der Waals surface area contributed by atoms with Crippen LogP contribution in [-0.2, 0) is 26.1 Å². The maximum Gasteiger partial charge on any atom is 0.287 e. The number of morpholine rings is 1. The number of amides is 1. The van der Waals surface area contributed by atoms with E-state index in [9.17, 15) is 18.0 Å². The van der Waals surface area contributed by atoms with E-state index in [1.165, 1.54) is 22.5 Å². The molecule has 1 fully saturated rings. The SMILES string of the molecule is O=C(Cn1ncc(Cl)c(Cl)c1=O)Nc1cc(S(=O)(=O)N2CCOCC2)ccc1Cl. The molecule has 0 unspecified atom stereocenters. The standard InChI is InChI=1S/C16H15Cl3N4O5S/c17-11-2-1-10(29(26,27)22-3-5-28-6-4-22)7-13(11)21-14(24)9-23-16(25)15(19)12(18)8-20-23/h1-2,7-8H,3-6,9H2,(H,21,24). The number of sulfonamides is 1. The van der Waals surface area contributed by atoms with Gasteiger partial charge in [0.15, 0.2) is 0 Å². The number of carbonyl (C=O) groups excluding carboxylic acids is 1. The van der Waals surface area contributed by atoms with Crippen molar-refractivity contribution in [3.63, 3.8) is 0 Å². The van der Waals surface area contributed by atoms with Crippen LogP contribution in [0.2, 0.25) is 15.1 Å². The number of nitrogens with zero attached hydrogens (tertiary/aromatic N) is 3. The van der Waals surface area contributed by atoms with Crippen LogP contribution in [0.25, 0.3) is 0 Å². The van der Waals surface area contributed by atoms with Crippen LogP contribution in [0.15, 0.2) is 34.1 Å². The number of hydrogen-bond acceptors (Lipinski definition) is 6. The van der Waals surface area contributed by atoms with Crippen molar-refractivity contribution < 1.29 is 17.9 Å². The predicted molar refractivity (Wildman–Crippen MR) is 108 cm³/mol. The molecule has 0 saturated carbocycles. The number of ether oxygens (including phenoxy) is 1. The van der Waals surface area contributed by atoms with Gasteiger partial charge in [-0.05, 0) is 18.2 Å². The third-order valence-electron chi connectivity index (χ3n) is 4.06. The summed E-state index contributed by atoms with van der Waals surface area (Å²) < 4.78 is 32.8. The minimum absolute atomic E-state index is 0.0241. The van der Waals surface area contributed by atoms with E-state index >= 15 is 0 Å². The maximum atomic E-state index is 12.8. The highest BCUT2D eigenvalue weighted by atomic mass is 35.5. The van der Waals surface area contributed by atoms with Gasteiger partial charge in [0, 0.05) is 13.1 Å². The van der Waals surface area contributed by atoms with Crippen molar-refractivity contribution in [2.75, 3.05) is 31.6 Å². The van der Waals surface area contributed by atoms with Crippen molar-refractivity contribution in [3.05, 3.63) is 49.8 Å². The van der Waals surface area contributed by atoms with E-state index in [-0.39, 0.29) is 38.7 Å². The van der Waals surface area contributed by atoms with Crippen LogP contribution >= 0.6 is 34.8 Å². The van der Waals surface area contributed by atoms with Gasteiger partial charge in [-0.25, -0.2) is 13.1 Å². The molecule has 0 radical (unpaired) electrons. The Hall–Kier alpha value is -1.69. The molecule has 1 aromatic heterocycles. The normalized spacial score (nSPS) is 15.3. The van der Waals surface area contributed by atoms with E-state index in [2.05, 4.69) is 10.4 Å². The second-order valence-electron chi connectivity index (χ2n) is 5.98. The van der Waals surface area contributed by atoms with Gasteiger partial charge in [0.2, 0.25) is 15.9 Å². The lowest BCUT2D eigenvalue weighted by atomic mass is 10.3. The third kappa shape index (κ3) is 4.90. The molecule has 1 saturated heterocycles. The highest BCUT2D eigenvalue weighted by Gasteiger charge is 2.27. The lowest BCUT2D eigenvalue weighted by Crippen LogP contribution is -2.40. The largest absolute Gasteiger partial charge is 0.379 e. The zero-order valence-electron chi connectivity index (χ0n) is 14.8. The molecule has 1 aromatic carbocycles. The van der Waals surface area contributed by atoms with Crippen molar-refractivity contribution in [1.82, 2.24) is 14.1 Å². The second-order valence-corrected chi connectivity index (χ2v) is 9.11. The molecule has 2 aromatic rings. The number of aromatic nitrogens is 2. The zero-order chi connectivity index (χ0) is 21.2. The van der Waals surface area contributed by atoms with Crippen LogP contribution in [0.4, 0.5) is 5.69 Å². The Kier molecular flexibility index (Phi) is 6.82. The Morgan fingerprint density at radius 1 is 1.17 bits per heavy atom. The number of halogens is 3. The minimum Gasteiger partial charge on any atom is -0.379 e. The highest BCUT2D eigenvalue weighted by molar-refractivity contribution is 7.89. The molecule has 0 aliphatic carbocycles. The fraction of sp³-hybridized carbons (Fsp3) is 0.312. The number of nitrogens with one attached hydrogen (secondary N) is 1. The molecule has 0 spiro atoms. The van der Waals surface area contributed by atoms with E-state index in [4.69, 9.17) is 39.5 Å². The van der Waals surface area contributed by atoms with Gasteiger partial charge in [0.25, 0.3) is 5.56 Å². The summed E-state index contributed by atoms with van der Waals surface area (Å²) in [5.74, 6) is -0.652. The Balaban J connectivity index is 1.81. The van der Waals surface area contributed by atoms with Crippen molar-refractivity contribution >= 4 is 56.4 Å². The summed E-state index contributed by atoms with van der Waals surface area (Å²) in [4.78, 5) is 24.3. The lowest BCUT2D eigenvalue weighted by Gasteiger charge is -2.26. The van der Waals surface area contributed by atoms with E-state index in [1.807, 2.05) is 0 Å². The van der Waals surface area contributed by atoms with Crippen LogP contribution in [0.5, 0.6) is 0 Å². The van der Waals surface area contributed by atoms with Crippen LogP contribution < -0.4 is 10.9 Å². The fourth-order valence-corrected chi connectivity index (χ4v) is 4.45. The van der Waals surface area contributed by atoms with Crippen molar-refractivity contribution in [2.45, 2.75) is 11.4 Å². The van der Waals surface area contributed by atoms with E-state index < -0.39 is 28.0 Å². The minimum atomic E-state index is -3.77. The average Bonchev–Trinajstić information content (AvgIpc) is 2.70. The lowest BCUT2D eigenvalue weighted by molar-refractivity contribution is -0.117. The van der Waals surface area contributed by atoms with Crippen LogP contribution in [0, 0.1) is 0 Å². The summed E-state index contributed by atoms with van der Waals surface area (Å²) in [6.45, 7) is 0.618. The average molecular weight is 482 g/mol. The Morgan fingerprint density at radius 3 is 2.55 bits per heavy atom. The summed E-state index contributed by atoms with van der Waals surface area (Å²) >= 11 is 17.6. The molecule has 1 N–H and O–H groups in total. The van der Waals surface area contributed by atoms with Crippen molar-refractivity contribution in [3.8, 4) is 0 Å². The summed E-state index contributed by atoms with van der Waals surface area (Å²) in [7, 11) is -3.77. The summed E-state index contributed by atoms with van der Waals surface area (Å²) in [5.41, 5.74) is -0.650. The number of benzene rings is 1. The Morgan fingerprint density at radius 2 is 1.86 bits per heavy atom. The Bertz CT molecular complexity index is 1100. The first-order chi connectivity index (χ1) is 13.7. The molecule has 9 nitrogen and oxygen atoms in total. The molecule has 0 atom stereocenters. The monoisotopic (exact) mass is 480 g/mol. The molecule has 29 heavy (non-hydrogen) atoms. The molecule has 13 heteroatoms. The quantitative estimate of drug-likeness (QED) is 0.698. The first kappa shape index (κ1) is 22.0. The van der Waals surface area contributed by atoms with Gasteiger partial charge in [0.05, 0.1) is 40.0 Å². The molecule has 156 valence electrons. The molecule has 3 rings (SSSR count). The summed E-state index contributed by atoms with van der Waals surface area (Å²) in [6, 6.07) is 3.98. The molecule has 2 heterocycles. The van der Waals surface area contributed by atoms with Crippen LogP contribution in [-0.4, -0.2) is 54.7 Å². The second kappa shape index (κ2) is 8.99. The molecule has 1 aliphatic heterocycles. The molecular weight excluding hydrogens is 467 g/mol. The number of hydrogen-bond donors (Lipinski definition) is 1. The van der Waals surface area contributed by atoms with Gasteiger partial charge in [-0.3, -0.25) is 9.59 Å². The first-order valence-electron chi connectivity index (χ1n) is 8.28. The van der Waals surface area contributed by atoms with Crippen LogP contribution in [0.1, 0.15) is 0 Å².